The number of aryl methyl sites for hydroxylation is 1. The number of carbonyl (C=O) groups is 2. The van der Waals surface area contributed by atoms with Gasteiger partial charge in [-0.25, -0.2) is 0 Å². The molecule has 134 valence electrons. The maximum Gasteiger partial charge on any atom is 0.322 e. The SMILES string of the molecule is COC(=O)C(/C=C1\CCCc2ccccc21)C(=O)NCc1ccccc1. The molecule has 1 unspecified atom stereocenters. The molecule has 1 aliphatic carbocycles. The lowest BCUT2D eigenvalue weighted by Crippen LogP contribution is -2.34. The Morgan fingerprint density at radius 2 is 1.81 bits per heavy atom. The second-order valence-corrected chi connectivity index (χ2v) is 6.41. The van der Waals surface area contributed by atoms with Crippen molar-refractivity contribution in [2.24, 2.45) is 5.92 Å². The van der Waals surface area contributed by atoms with Gasteiger partial charge in [0.2, 0.25) is 5.91 Å². The van der Waals surface area contributed by atoms with E-state index in [1.807, 2.05) is 42.5 Å². The third kappa shape index (κ3) is 4.20. The molecule has 4 heteroatoms. The fourth-order valence-corrected chi connectivity index (χ4v) is 3.30. The van der Waals surface area contributed by atoms with E-state index in [4.69, 9.17) is 4.74 Å². The van der Waals surface area contributed by atoms with Crippen molar-refractivity contribution >= 4 is 17.4 Å². The summed E-state index contributed by atoms with van der Waals surface area (Å²) in [6.07, 6.45) is 4.67. The van der Waals surface area contributed by atoms with E-state index in [9.17, 15) is 9.59 Å². The van der Waals surface area contributed by atoms with Gasteiger partial charge in [-0.3, -0.25) is 9.59 Å². The topological polar surface area (TPSA) is 55.4 Å². The van der Waals surface area contributed by atoms with Crippen molar-refractivity contribution in [2.75, 3.05) is 7.11 Å². The van der Waals surface area contributed by atoms with E-state index in [0.717, 1.165) is 36.0 Å². The highest BCUT2D eigenvalue weighted by Crippen LogP contribution is 2.31. The fourth-order valence-electron chi connectivity index (χ4n) is 3.30. The first-order valence-corrected chi connectivity index (χ1v) is 8.87. The van der Waals surface area contributed by atoms with Gasteiger partial charge in [-0.05, 0) is 41.5 Å². The zero-order valence-corrected chi connectivity index (χ0v) is 14.9. The Hall–Kier alpha value is -2.88. The van der Waals surface area contributed by atoms with Crippen molar-refractivity contribution in [3.05, 3.63) is 77.4 Å². The van der Waals surface area contributed by atoms with Crippen LogP contribution in [0.1, 0.15) is 29.5 Å². The molecule has 0 spiro atoms. The first-order chi connectivity index (χ1) is 12.7. The molecule has 4 nitrogen and oxygen atoms in total. The van der Waals surface area contributed by atoms with Crippen molar-refractivity contribution in [1.29, 1.82) is 0 Å². The van der Waals surface area contributed by atoms with Gasteiger partial charge in [0.25, 0.3) is 0 Å². The summed E-state index contributed by atoms with van der Waals surface area (Å²) in [5, 5.41) is 2.84. The van der Waals surface area contributed by atoms with Gasteiger partial charge in [0.15, 0.2) is 5.92 Å². The zero-order valence-electron chi connectivity index (χ0n) is 14.9. The Balaban J connectivity index is 1.80. The van der Waals surface area contributed by atoms with Crippen LogP contribution in [0.3, 0.4) is 0 Å². The summed E-state index contributed by atoms with van der Waals surface area (Å²) < 4.78 is 4.87. The molecule has 0 fully saturated rings. The number of allylic oxidation sites excluding steroid dienone is 1. The Kier molecular flexibility index (Phi) is 5.84. The highest BCUT2D eigenvalue weighted by atomic mass is 16.5. The van der Waals surface area contributed by atoms with Crippen molar-refractivity contribution in [2.45, 2.75) is 25.8 Å². The molecule has 0 bridgehead atoms. The Bertz CT molecular complexity index is 811. The number of methoxy groups -OCH3 is 1. The number of hydrogen-bond acceptors (Lipinski definition) is 3. The molecule has 0 radical (unpaired) electrons. The van der Waals surface area contributed by atoms with E-state index in [1.54, 1.807) is 6.08 Å². The summed E-state index contributed by atoms with van der Waals surface area (Å²) in [5.41, 5.74) is 4.42. The van der Waals surface area contributed by atoms with E-state index in [1.165, 1.54) is 12.7 Å². The number of benzene rings is 2. The number of fused-ring (bicyclic) bond motifs is 1. The lowest BCUT2D eigenvalue weighted by Gasteiger charge is -2.20. The molecule has 1 N–H and O–H groups in total. The molecule has 1 amide bonds. The van der Waals surface area contributed by atoms with Crippen molar-refractivity contribution in [1.82, 2.24) is 5.32 Å². The minimum absolute atomic E-state index is 0.337. The molecular formula is C22H23NO3. The number of hydrogen-bond donors (Lipinski definition) is 1. The smallest absolute Gasteiger partial charge is 0.322 e. The summed E-state index contributed by atoms with van der Waals surface area (Å²) in [7, 11) is 1.31. The van der Waals surface area contributed by atoms with Gasteiger partial charge in [-0.1, -0.05) is 60.7 Å². The van der Waals surface area contributed by atoms with Gasteiger partial charge in [-0.2, -0.15) is 0 Å². The minimum atomic E-state index is -0.940. The van der Waals surface area contributed by atoms with E-state index in [2.05, 4.69) is 17.4 Å². The molecule has 0 heterocycles. The number of amides is 1. The average Bonchev–Trinajstić information content (AvgIpc) is 2.70. The van der Waals surface area contributed by atoms with Crippen LogP contribution >= 0.6 is 0 Å². The molecule has 0 saturated carbocycles. The quantitative estimate of drug-likeness (QED) is 0.664. The predicted molar refractivity (Wildman–Crippen MR) is 101 cm³/mol. The van der Waals surface area contributed by atoms with Gasteiger partial charge in [0.1, 0.15) is 0 Å². The van der Waals surface area contributed by atoms with Crippen LogP contribution in [0.2, 0.25) is 0 Å². The molecule has 0 aromatic heterocycles. The Morgan fingerprint density at radius 3 is 2.58 bits per heavy atom. The van der Waals surface area contributed by atoms with Gasteiger partial charge >= 0.3 is 5.97 Å². The lowest BCUT2D eigenvalue weighted by atomic mass is 9.85. The molecule has 1 atom stereocenters. The molecule has 3 rings (SSSR count). The first-order valence-electron chi connectivity index (χ1n) is 8.87. The van der Waals surface area contributed by atoms with Crippen LogP contribution in [0.4, 0.5) is 0 Å². The fraction of sp³-hybridized carbons (Fsp3) is 0.273. The Labute approximate surface area is 153 Å². The number of rotatable bonds is 5. The number of esters is 1. The maximum absolute atomic E-state index is 12.6. The average molecular weight is 349 g/mol. The number of ether oxygens (including phenoxy) is 1. The van der Waals surface area contributed by atoms with Gasteiger partial charge in [0, 0.05) is 6.54 Å². The van der Waals surface area contributed by atoms with Crippen LogP contribution in [0.5, 0.6) is 0 Å². The summed E-state index contributed by atoms with van der Waals surface area (Å²) in [6, 6.07) is 17.8. The van der Waals surface area contributed by atoms with E-state index >= 15 is 0 Å². The van der Waals surface area contributed by atoms with Gasteiger partial charge < -0.3 is 10.1 Å². The molecule has 1 aliphatic rings. The highest BCUT2D eigenvalue weighted by Gasteiger charge is 2.27. The monoisotopic (exact) mass is 349 g/mol. The van der Waals surface area contributed by atoms with Crippen molar-refractivity contribution in [3.8, 4) is 0 Å². The second-order valence-electron chi connectivity index (χ2n) is 6.41. The molecule has 26 heavy (non-hydrogen) atoms. The standard InChI is InChI=1S/C22H23NO3/c1-26-22(25)20(21(24)23-15-16-8-3-2-4-9-16)14-18-12-7-11-17-10-5-6-13-19(17)18/h2-6,8-10,13-14,20H,7,11-12,15H2,1H3,(H,23,24)/b18-14+. The normalized spacial score (nSPS) is 15.8. The van der Waals surface area contributed by atoms with Crippen molar-refractivity contribution < 1.29 is 14.3 Å². The van der Waals surface area contributed by atoms with Crippen LogP contribution in [0.15, 0.2) is 60.7 Å². The molecule has 2 aromatic carbocycles. The predicted octanol–water partition coefficient (Wildman–Crippen LogP) is 3.51. The Morgan fingerprint density at radius 1 is 1.08 bits per heavy atom. The molecular weight excluding hydrogens is 326 g/mol. The molecule has 0 saturated heterocycles. The number of carbonyl (C=O) groups excluding carboxylic acids is 2. The van der Waals surface area contributed by atoms with E-state index in [-0.39, 0.29) is 5.91 Å². The minimum Gasteiger partial charge on any atom is -0.468 e. The third-order valence-corrected chi connectivity index (χ3v) is 4.67. The second kappa shape index (κ2) is 8.48. The van der Waals surface area contributed by atoms with Crippen LogP contribution in [0.25, 0.3) is 5.57 Å². The van der Waals surface area contributed by atoms with Gasteiger partial charge in [0.05, 0.1) is 7.11 Å². The molecule has 0 aliphatic heterocycles. The third-order valence-electron chi connectivity index (χ3n) is 4.67. The van der Waals surface area contributed by atoms with E-state index in [0.29, 0.717) is 6.54 Å². The van der Waals surface area contributed by atoms with Crippen molar-refractivity contribution in [3.63, 3.8) is 0 Å². The van der Waals surface area contributed by atoms with E-state index < -0.39 is 11.9 Å². The summed E-state index contributed by atoms with van der Waals surface area (Å²) in [4.78, 5) is 24.9. The van der Waals surface area contributed by atoms with Crippen LogP contribution in [-0.2, 0) is 27.3 Å². The largest absolute Gasteiger partial charge is 0.468 e. The zero-order chi connectivity index (χ0) is 18.4. The van der Waals surface area contributed by atoms with Crippen LogP contribution in [-0.4, -0.2) is 19.0 Å². The first kappa shape index (κ1) is 17.9. The molecule has 2 aromatic rings. The summed E-state index contributed by atoms with van der Waals surface area (Å²) >= 11 is 0. The summed E-state index contributed by atoms with van der Waals surface area (Å²) in [6.45, 7) is 0.382. The maximum atomic E-state index is 12.6. The van der Waals surface area contributed by atoms with Crippen LogP contribution in [0, 0.1) is 5.92 Å². The van der Waals surface area contributed by atoms with Gasteiger partial charge in [-0.15, -0.1) is 0 Å². The summed E-state index contributed by atoms with van der Waals surface area (Å²) in [5.74, 6) is -1.81. The van der Waals surface area contributed by atoms with Crippen LogP contribution < -0.4 is 5.32 Å². The lowest BCUT2D eigenvalue weighted by molar-refractivity contribution is -0.147. The highest BCUT2D eigenvalue weighted by molar-refractivity contribution is 6.01. The number of nitrogens with one attached hydrogen (secondary N) is 1.